The summed E-state index contributed by atoms with van der Waals surface area (Å²) in [5.41, 5.74) is 2.44. The van der Waals surface area contributed by atoms with Gasteiger partial charge in [0.2, 0.25) is 0 Å². The predicted molar refractivity (Wildman–Crippen MR) is 83.7 cm³/mol. The third-order valence-electron chi connectivity index (χ3n) is 3.05. The summed E-state index contributed by atoms with van der Waals surface area (Å²) in [5.74, 6) is 2.42. The van der Waals surface area contributed by atoms with E-state index in [0.717, 1.165) is 23.1 Å². The molecule has 0 spiro atoms. The lowest BCUT2D eigenvalue weighted by atomic mass is 10.1. The number of thioether (sulfide) groups is 1. The van der Waals surface area contributed by atoms with Crippen molar-refractivity contribution in [2.24, 2.45) is 7.05 Å². The fourth-order valence-electron chi connectivity index (χ4n) is 2.04. The molecule has 0 saturated carbocycles. The van der Waals surface area contributed by atoms with Gasteiger partial charge in [-0.2, -0.15) is 0 Å². The molecule has 0 unspecified atom stereocenters. The molecule has 1 aromatic carbocycles. The van der Waals surface area contributed by atoms with E-state index in [0.29, 0.717) is 12.4 Å². The summed E-state index contributed by atoms with van der Waals surface area (Å²) in [6.07, 6.45) is 0.930. The Hall–Kier alpha value is -1.53. The van der Waals surface area contributed by atoms with Crippen molar-refractivity contribution in [1.29, 1.82) is 0 Å². The van der Waals surface area contributed by atoms with Crippen molar-refractivity contribution in [3.05, 3.63) is 35.2 Å². The van der Waals surface area contributed by atoms with Crippen LogP contribution in [0.3, 0.4) is 0 Å². The topological polar surface area (TPSA) is 60.2 Å². The summed E-state index contributed by atoms with van der Waals surface area (Å²) in [6, 6.07) is 6.24. The second-order valence-electron chi connectivity index (χ2n) is 4.99. The lowest BCUT2D eigenvalue weighted by Crippen LogP contribution is -2.01. The van der Waals surface area contributed by atoms with Crippen molar-refractivity contribution in [3.8, 4) is 5.75 Å². The zero-order chi connectivity index (χ0) is 15.2. The van der Waals surface area contributed by atoms with E-state index in [4.69, 9.17) is 9.84 Å². The second-order valence-corrected chi connectivity index (χ2v) is 6.05. The SMILES string of the molecule is Cc1cc(C)cc(OCCCSc2nnc(CO)n2C)c1. The molecule has 1 aromatic heterocycles. The van der Waals surface area contributed by atoms with Crippen LogP contribution >= 0.6 is 11.8 Å². The number of hydrogen-bond acceptors (Lipinski definition) is 5. The van der Waals surface area contributed by atoms with Gasteiger partial charge in [0.1, 0.15) is 12.4 Å². The van der Waals surface area contributed by atoms with E-state index in [2.05, 4.69) is 42.2 Å². The van der Waals surface area contributed by atoms with Gasteiger partial charge in [0.05, 0.1) is 6.61 Å². The highest BCUT2D eigenvalue weighted by molar-refractivity contribution is 7.99. The number of rotatable bonds is 7. The lowest BCUT2D eigenvalue weighted by Gasteiger charge is -2.08. The van der Waals surface area contributed by atoms with Crippen LogP contribution in [0.25, 0.3) is 0 Å². The quantitative estimate of drug-likeness (QED) is 0.629. The average Bonchev–Trinajstić information content (AvgIpc) is 2.78. The van der Waals surface area contributed by atoms with Crippen molar-refractivity contribution in [1.82, 2.24) is 14.8 Å². The Bertz CT molecular complexity index is 578. The Morgan fingerprint density at radius 1 is 1.19 bits per heavy atom. The molecule has 0 radical (unpaired) electrons. The molecule has 0 aliphatic carbocycles. The van der Waals surface area contributed by atoms with Crippen LogP contribution in [-0.2, 0) is 13.7 Å². The molecule has 0 saturated heterocycles. The van der Waals surface area contributed by atoms with E-state index in [1.807, 2.05) is 11.6 Å². The number of aliphatic hydroxyl groups is 1. The van der Waals surface area contributed by atoms with Gasteiger partial charge in [0.25, 0.3) is 0 Å². The van der Waals surface area contributed by atoms with Crippen molar-refractivity contribution in [2.75, 3.05) is 12.4 Å². The van der Waals surface area contributed by atoms with E-state index in [9.17, 15) is 0 Å². The van der Waals surface area contributed by atoms with Gasteiger partial charge in [-0.15, -0.1) is 10.2 Å². The second kappa shape index (κ2) is 7.47. The van der Waals surface area contributed by atoms with Gasteiger partial charge in [0.15, 0.2) is 11.0 Å². The first-order chi connectivity index (χ1) is 10.1. The highest BCUT2D eigenvalue weighted by Gasteiger charge is 2.07. The number of nitrogens with zero attached hydrogens (tertiary/aromatic N) is 3. The molecule has 0 amide bonds. The van der Waals surface area contributed by atoms with E-state index in [-0.39, 0.29) is 6.61 Å². The van der Waals surface area contributed by atoms with E-state index in [1.54, 1.807) is 11.8 Å². The molecule has 0 fully saturated rings. The summed E-state index contributed by atoms with van der Waals surface area (Å²) in [7, 11) is 1.86. The van der Waals surface area contributed by atoms with Crippen molar-refractivity contribution >= 4 is 11.8 Å². The average molecular weight is 307 g/mol. The minimum atomic E-state index is -0.0835. The van der Waals surface area contributed by atoms with Gasteiger partial charge in [-0.3, -0.25) is 0 Å². The molecule has 1 heterocycles. The Kier molecular flexibility index (Phi) is 5.64. The van der Waals surface area contributed by atoms with Gasteiger partial charge >= 0.3 is 0 Å². The Balaban J connectivity index is 1.73. The maximum absolute atomic E-state index is 9.06. The van der Waals surface area contributed by atoms with Gasteiger partial charge in [-0.05, 0) is 43.5 Å². The van der Waals surface area contributed by atoms with Gasteiger partial charge in [-0.25, -0.2) is 0 Å². The lowest BCUT2D eigenvalue weighted by molar-refractivity contribution is 0.266. The largest absolute Gasteiger partial charge is 0.494 e. The van der Waals surface area contributed by atoms with Crippen LogP contribution in [0.15, 0.2) is 23.4 Å². The molecule has 0 aliphatic rings. The molecule has 5 nitrogen and oxygen atoms in total. The number of aryl methyl sites for hydroxylation is 2. The Morgan fingerprint density at radius 3 is 2.52 bits per heavy atom. The third kappa shape index (κ3) is 4.47. The molecule has 1 N–H and O–H groups in total. The zero-order valence-corrected chi connectivity index (χ0v) is 13.5. The molecule has 6 heteroatoms. The first-order valence-electron chi connectivity index (χ1n) is 6.93. The predicted octanol–water partition coefficient (Wildman–Crippen LogP) is 2.49. The smallest absolute Gasteiger partial charge is 0.191 e. The van der Waals surface area contributed by atoms with E-state index >= 15 is 0 Å². The Labute approximate surface area is 129 Å². The molecule has 0 bridgehead atoms. The number of aromatic nitrogens is 3. The number of aliphatic hydroxyl groups excluding tert-OH is 1. The number of benzene rings is 1. The maximum Gasteiger partial charge on any atom is 0.191 e. The molecule has 0 atom stereocenters. The minimum absolute atomic E-state index is 0.0835. The standard InChI is InChI=1S/C15H21N3O2S/c1-11-7-12(2)9-13(8-11)20-5-4-6-21-15-17-16-14(10-19)18(15)3/h7-9,19H,4-6,10H2,1-3H3. The van der Waals surface area contributed by atoms with Crippen LogP contribution in [0.5, 0.6) is 5.75 Å². The third-order valence-corrected chi connectivity index (χ3v) is 4.16. The molecule has 114 valence electrons. The minimum Gasteiger partial charge on any atom is -0.494 e. The fourth-order valence-corrected chi connectivity index (χ4v) is 2.88. The summed E-state index contributed by atoms with van der Waals surface area (Å²) < 4.78 is 7.58. The summed E-state index contributed by atoms with van der Waals surface area (Å²) in [6.45, 7) is 4.74. The molecular formula is C15H21N3O2S. The van der Waals surface area contributed by atoms with Crippen LogP contribution in [0.4, 0.5) is 0 Å². The zero-order valence-electron chi connectivity index (χ0n) is 12.7. The first-order valence-corrected chi connectivity index (χ1v) is 7.91. The van der Waals surface area contributed by atoms with E-state index in [1.165, 1.54) is 11.1 Å². The monoisotopic (exact) mass is 307 g/mol. The Morgan fingerprint density at radius 2 is 1.90 bits per heavy atom. The van der Waals surface area contributed by atoms with Gasteiger partial charge in [0, 0.05) is 12.8 Å². The molecule has 0 aliphatic heterocycles. The van der Waals surface area contributed by atoms with Crippen LogP contribution in [0, 0.1) is 13.8 Å². The van der Waals surface area contributed by atoms with Gasteiger partial charge < -0.3 is 14.4 Å². The fraction of sp³-hybridized carbons (Fsp3) is 0.467. The number of hydrogen-bond donors (Lipinski definition) is 1. The maximum atomic E-state index is 9.06. The number of ether oxygens (including phenoxy) is 1. The highest BCUT2D eigenvalue weighted by Crippen LogP contribution is 2.18. The van der Waals surface area contributed by atoms with Crippen LogP contribution in [0.2, 0.25) is 0 Å². The van der Waals surface area contributed by atoms with Crippen molar-refractivity contribution in [3.63, 3.8) is 0 Å². The van der Waals surface area contributed by atoms with Gasteiger partial charge in [-0.1, -0.05) is 17.8 Å². The highest BCUT2D eigenvalue weighted by atomic mass is 32.2. The molecule has 2 aromatic rings. The molecule has 2 rings (SSSR count). The normalized spacial score (nSPS) is 10.9. The van der Waals surface area contributed by atoms with E-state index < -0.39 is 0 Å². The van der Waals surface area contributed by atoms with Crippen LogP contribution in [-0.4, -0.2) is 32.2 Å². The molecule has 21 heavy (non-hydrogen) atoms. The van der Waals surface area contributed by atoms with Crippen molar-refractivity contribution < 1.29 is 9.84 Å². The van der Waals surface area contributed by atoms with Crippen molar-refractivity contribution in [2.45, 2.75) is 32.0 Å². The van der Waals surface area contributed by atoms with Crippen LogP contribution < -0.4 is 4.74 Å². The summed E-state index contributed by atoms with van der Waals surface area (Å²) >= 11 is 1.62. The summed E-state index contributed by atoms with van der Waals surface area (Å²) in [4.78, 5) is 0. The first kappa shape index (κ1) is 15.9. The van der Waals surface area contributed by atoms with Crippen LogP contribution in [0.1, 0.15) is 23.4 Å². The molecular weight excluding hydrogens is 286 g/mol. The summed E-state index contributed by atoms with van der Waals surface area (Å²) in [5, 5.41) is 17.8.